The molecule has 3 aromatic rings. The van der Waals surface area contributed by atoms with E-state index in [4.69, 9.17) is 14.7 Å². The summed E-state index contributed by atoms with van der Waals surface area (Å²) in [6.45, 7) is 0.777. The van der Waals surface area contributed by atoms with E-state index in [-0.39, 0.29) is 6.23 Å². The normalized spacial score (nSPS) is 16.8. The average molecular weight is 346 g/mol. The Morgan fingerprint density at radius 1 is 1.12 bits per heavy atom. The van der Waals surface area contributed by atoms with E-state index >= 15 is 0 Å². The van der Waals surface area contributed by atoms with Gasteiger partial charge in [-0.25, -0.2) is 9.67 Å². The van der Waals surface area contributed by atoms with Crippen molar-refractivity contribution in [2.75, 3.05) is 6.61 Å². The maximum absolute atomic E-state index is 8.84. The molecule has 1 aliphatic rings. The molecule has 2 aromatic heterocycles. The molecule has 1 fully saturated rings. The van der Waals surface area contributed by atoms with Crippen LogP contribution in [0.4, 0.5) is 0 Å². The van der Waals surface area contributed by atoms with Crippen molar-refractivity contribution in [3.8, 4) is 29.0 Å². The van der Waals surface area contributed by atoms with Gasteiger partial charge in [0.25, 0.3) is 0 Å². The first-order valence-electron chi connectivity index (χ1n) is 8.63. The standard InChI is InChI=1S/C20H18N4O2/c21-13-15-4-7-17(8-5-15)26-19-9-6-16(14-22-19)18-10-11-23-24(18)20-3-1-2-12-25-20/h4-11,14,20H,1-3,12H2. The summed E-state index contributed by atoms with van der Waals surface area (Å²) >= 11 is 0. The summed E-state index contributed by atoms with van der Waals surface area (Å²) in [6.07, 6.45) is 6.78. The minimum absolute atomic E-state index is 0.0108. The molecule has 0 radical (unpaired) electrons. The second-order valence-electron chi connectivity index (χ2n) is 6.11. The van der Waals surface area contributed by atoms with Gasteiger partial charge in [-0.15, -0.1) is 0 Å². The molecule has 0 N–H and O–H groups in total. The Morgan fingerprint density at radius 3 is 2.69 bits per heavy atom. The predicted molar refractivity (Wildman–Crippen MR) is 95.5 cm³/mol. The quantitative estimate of drug-likeness (QED) is 0.704. The van der Waals surface area contributed by atoms with E-state index in [9.17, 15) is 0 Å². The van der Waals surface area contributed by atoms with Gasteiger partial charge in [-0.3, -0.25) is 0 Å². The van der Waals surface area contributed by atoms with Gasteiger partial charge < -0.3 is 9.47 Å². The number of pyridine rings is 1. The van der Waals surface area contributed by atoms with Crippen LogP contribution >= 0.6 is 0 Å². The highest BCUT2D eigenvalue weighted by Gasteiger charge is 2.19. The van der Waals surface area contributed by atoms with Gasteiger partial charge in [0.1, 0.15) is 5.75 Å². The Labute approximate surface area is 151 Å². The van der Waals surface area contributed by atoms with Crippen molar-refractivity contribution in [2.45, 2.75) is 25.5 Å². The fourth-order valence-corrected chi connectivity index (χ4v) is 3.00. The van der Waals surface area contributed by atoms with E-state index in [0.717, 1.165) is 37.1 Å². The SMILES string of the molecule is N#Cc1ccc(Oc2ccc(-c3ccnn3C3CCCCO3)cn2)cc1. The zero-order chi connectivity index (χ0) is 17.8. The third kappa shape index (κ3) is 3.44. The summed E-state index contributed by atoms with van der Waals surface area (Å²) in [6, 6.07) is 14.8. The molecule has 6 nitrogen and oxygen atoms in total. The molecule has 3 heterocycles. The van der Waals surface area contributed by atoms with Crippen molar-refractivity contribution >= 4 is 0 Å². The minimum Gasteiger partial charge on any atom is -0.439 e. The average Bonchev–Trinajstić information content (AvgIpc) is 3.20. The first-order valence-corrected chi connectivity index (χ1v) is 8.63. The molecule has 0 bridgehead atoms. The van der Waals surface area contributed by atoms with E-state index in [0.29, 0.717) is 17.2 Å². The van der Waals surface area contributed by atoms with Crippen LogP contribution < -0.4 is 4.74 Å². The summed E-state index contributed by atoms with van der Waals surface area (Å²) in [7, 11) is 0. The second kappa shape index (κ2) is 7.38. The largest absolute Gasteiger partial charge is 0.439 e. The van der Waals surface area contributed by atoms with Crippen LogP contribution in [-0.4, -0.2) is 21.4 Å². The van der Waals surface area contributed by atoms with Crippen LogP contribution in [0.2, 0.25) is 0 Å². The van der Waals surface area contributed by atoms with E-state index in [1.807, 2.05) is 22.9 Å². The topological polar surface area (TPSA) is 73.0 Å². The molecule has 1 atom stereocenters. The fraction of sp³-hybridized carbons (Fsp3) is 0.250. The van der Waals surface area contributed by atoms with Gasteiger partial charge in [0.05, 0.1) is 17.3 Å². The molecule has 26 heavy (non-hydrogen) atoms. The lowest BCUT2D eigenvalue weighted by Crippen LogP contribution is -2.19. The molecule has 4 rings (SSSR count). The predicted octanol–water partition coefficient (Wildman–Crippen LogP) is 4.31. The number of nitrogens with zero attached hydrogens (tertiary/aromatic N) is 4. The van der Waals surface area contributed by atoms with Crippen LogP contribution in [0.5, 0.6) is 11.6 Å². The number of nitriles is 1. The Hall–Kier alpha value is -3.17. The summed E-state index contributed by atoms with van der Waals surface area (Å²) in [5.74, 6) is 1.14. The Balaban J connectivity index is 1.51. The van der Waals surface area contributed by atoms with Gasteiger partial charge in [-0.1, -0.05) is 0 Å². The van der Waals surface area contributed by atoms with Crippen molar-refractivity contribution in [3.63, 3.8) is 0 Å². The molecule has 1 saturated heterocycles. The van der Waals surface area contributed by atoms with E-state index in [1.165, 1.54) is 0 Å². The maximum atomic E-state index is 8.84. The van der Waals surface area contributed by atoms with Crippen LogP contribution in [-0.2, 0) is 4.74 Å². The van der Waals surface area contributed by atoms with Gasteiger partial charge in [0.15, 0.2) is 6.23 Å². The van der Waals surface area contributed by atoms with E-state index < -0.39 is 0 Å². The Kier molecular flexibility index (Phi) is 4.63. The molecule has 0 spiro atoms. The molecular formula is C20H18N4O2. The third-order valence-corrected chi connectivity index (χ3v) is 4.34. The number of hydrogen-bond donors (Lipinski definition) is 0. The zero-order valence-electron chi connectivity index (χ0n) is 14.2. The van der Waals surface area contributed by atoms with Crippen LogP contribution in [0.3, 0.4) is 0 Å². The maximum Gasteiger partial charge on any atom is 0.219 e. The summed E-state index contributed by atoms with van der Waals surface area (Å²) < 4.78 is 13.5. The summed E-state index contributed by atoms with van der Waals surface area (Å²) in [5, 5.41) is 13.3. The lowest BCUT2D eigenvalue weighted by molar-refractivity contribution is -0.0383. The summed E-state index contributed by atoms with van der Waals surface area (Å²) in [5.41, 5.74) is 2.54. The van der Waals surface area contributed by atoms with Gasteiger partial charge in [0.2, 0.25) is 5.88 Å². The molecule has 6 heteroatoms. The van der Waals surface area contributed by atoms with Crippen LogP contribution in [0.1, 0.15) is 31.1 Å². The molecule has 0 aliphatic carbocycles. The van der Waals surface area contributed by atoms with Crippen molar-refractivity contribution in [3.05, 3.63) is 60.4 Å². The Morgan fingerprint density at radius 2 is 2.00 bits per heavy atom. The van der Waals surface area contributed by atoms with E-state index in [2.05, 4.69) is 16.2 Å². The number of aromatic nitrogens is 3. The van der Waals surface area contributed by atoms with Crippen molar-refractivity contribution in [1.82, 2.24) is 14.8 Å². The van der Waals surface area contributed by atoms with Gasteiger partial charge in [-0.2, -0.15) is 10.4 Å². The molecular weight excluding hydrogens is 328 g/mol. The molecule has 1 aliphatic heterocycles. The molecule has 0 amide bonds. The molecule has 130 valence electrons. The van der Waals surface area contributed by atoms with Crippen molar-refractivity contribution in [1.29, 1.82) is 5.26 Å². The number of rotatable bonds is 4. The first-order chi connectivity index (χ1) is 12.8. The van der Waals surface area contributed by atoms with Gasteiger partial charge in [0, 0.05) is 30.6 Å². The van der Waals surface area contributed by atoms with Crippen molar-refractivity contribution in [2.24, 2.45) is 0 Å². The van der Waals surface area contributed by atoms with Crippen LogP contribution in [0, 0.1) is 11.3 Å². The second-order valence-corrected chi connectivity index (χ2v) is 6.11. The fourth-order valence-electron chi connectivity index (χ4n) is 3.00. The number of benzene rings is 1. The Bertz CT molecular complexity index is 904. The lowest BCUT2D eigenvalue weighted by Gasteiger charge is -2.24. The highest BCUT2D eigenvalue weighted by molar-refractivity contribution is 5.58. The van der Waals surface area contributed by atoms with Crippen LogP contribution in [0.25, 0.3) is 11.3 Å². The first kappa shape index (κ1) is 16.3. The van der Waals surface area contributed by atoms with Crippen molar-refractivity contribution < 1.29 is 9.47 Å². The molecule has 0 saturated carbocycles. The minimum atomic E-state index is -0.0108. The van der Waals surface area contributed by atoms with Crippen LogP contribution in [0.15, 0.2) is 54.9 Å². The summed E-state index contributed by atoms with van der Waals surface area (Å²) in [4.78, 5) is 4.39. The highest BCUT2D eigenvalue weighted by Crippen LogP contribution is 2.29. The third-order valence-electron chi connectivity index (χ3n) is 4.34. The van der Waals surface area contributed by atoms with Gasteiger partial charge in [-0.05, 0) is 55.7 Å². The van der Waals surface area contributed by atoms with E-state index in [1.54, 1.807) is 36.7 Å². The smallest absolute Gasteiger partial charge is 0.219 e. The van der Waals surface area contributed by atoms with Gasteiger partial charge >= 0.3 is 0 Å². The lowest BCUT2D eigenvalue weighted by atomic mass is 10.1. The molecule has 1 unspecified atom stereocenters. The highest BCUT2D eigenvalue weighted by atomic mass is 16.5. The monoisotopic (exact) mass is 346 g/mol. The molecule has 1 aromatic carbocycles. The number of hydrogen-bond acceptors (Lipinski definition) is 5. The number of ether oxygens (including phenoxy) is 2. The zero-order valence-corrected chi connectivity index (χ0v) is 14.2.